The van der Waals surface area contributed by atoms with E-state index in [9.17, 15) is 20.2 Å². The molecule has 0 bridgehead atoms. The van der Waals surface area contributed by atoms with Crippen LogP contribution >= 0.6 is 23.5 Å². The second kappa shape index (κ2) is 8.04. The Kier molecular flexibility index (Phi) is 6.71. The fourth-order valence-electron chi connectivity index (χ4n) is 1.37. The Morgan fingerprint density at radius 1 is 0.900 bits per heavy atom. The maximum atomic E-state index is 10.9. The number of hydrogen-bond acceptors (Lipinski definition) is 8. The largest absolute Gasteiger partial charge is 0.396 e. The lowest BCUT2D eigenvalue weighted by molar-refractivity contribution is -0.397. The lowest BCUT2D eigenvalue weighted by Crippen LogP contribution is -1.99. The van der Waals surface area contributed by atoms with Crippen molar-refractivity contribution < 1.29 is 20.1 Å². The van der Waals surface area contributed by atoms with Crippen LogP contribution in [0.3, 0.4) is 0 Å². The minimum atomic E-state index is -0.687. The molecule has 0 saturated heterocycles. The van der Waals surface area contributed by atoms with E-state index in [1.54, 1.807) is 0 Å². The van der Waals surface area contributed by atoms with E-state index in [0.717, 1.165) is 29.6 Å². The van der Waals surface area contributed by atoms with E-state index in [1.165, 1.54) is 6.07 Å². The molecule has 0 aliphatic rings. The number of hydrogen-bond donors (Lipinski definition) is 2. The molecule has 110 valence electrons. The van der Waals surface area contributed by atoms with Gasteiger partial charge in [-0.05, 0) is 6.07 Å². The molecule has 0 aromatic heterocycles. The number of nitro groups is 2. The number of benzene rings is 1. The lowest BCUT2D eigenvalue weighted by atomic mass is 10.3. The molecule has 1 aromatic carbocycles. The second-order valence-corrected chi connectivity index (χ2v) is 5.72. The van der Waals surface area contributed by atoms with Gasteiger partial charge < -0.3 is 10.2 Å². The number of rotatable bonds is 8. The van der Waals surface area contributed by atoms with Gasteiger partial charge in [-0.2, -0.15) is 0 Å². The molecule has 0 saturated carbocycles. The smallest absolute Gasteiger partial charge is 0.289 e. The van der Waals surface area contributed by atoms with Gasteiger partial charge in [-0.25, -0.2) is 0 Å². The summed E-state index contributed by atoms with van der Waals surface area (Å²) < 4.78 is 0. The van der Waals surface area contributed by atoms with Gasteiger partial charge in [0.1, 0.15) is 0 Å². The predicted octanol–water partition coefficient (Wildman–Crippen LogP) is 1.67. The maximum Gasteiger partial charge on any atom is 0.289 e. The average Bonchev–Trinajstić information content (AvgIpc) is 2.41. The van der Waals surface area contributed by atoms with Crippen molar-refractivity contribution in [2.24, 2.45) is 0 Å². The number of aliphatic hydroxyl groups excluding tert-OH is 2. The Morgan fingerprint density at radius 2 is 1.30 bits per heavy atom. The van der Waals surface area contributed by atoms with Gasteiger partial charge in [-0.3, -0.25) is 20.2 Å². The first-order valence-electron chi connectivity index (χ1n) is 5.45. The highest BCUT2D eigenvalue weighted by Gasteiger charge is 2.24. The zero-order valence-corrected chi connectivity index (χ0v) is 11.9. The molecule has 10 heteroatoms. The zero-order valence-electron chi connectivity index (χ0n) is 10.2. The quantitative estimate of drug-likeness (QED) is 0.420. The molecule has 0 radical (unpaired) electrons. The molecule has 0 spiro atoms. The zero-order chi connectivity index (χ0) is 15.1. The van der Waals surface area contributed by atoms with Crippen molar-refractivity contribution in [1.29, 1.82) is 0 Å². The van der Waals surface area contributed by atoms with Crippen molar-refractivity contribution in [3.8, 4) is 0 Å². The van der Waals surface area contributed by atoms with Crippen molar-refractivity contribution in [3.63, 3.8) is 0 Å². The van der Waals surface area contributed by atoms with Crippen LogP contribution in [-0.2, 0) is 0 Å². The SMILES string of the molecule is O=[N+]([O-])c1cc([N+](=O)[O-])c(SCCO)cc1SCCO. The first-order chi connectivity index (χ1) is 9.51. The summed E-state index contributed by atoms with van der Waals surface area (Å²) in [5, 5.41) is 39.4. The van der Waals surface area contributed by atoms with Gasteiger partial charge in [-0.1, -0.05) is 0 Å². The summed E-state index contributed by atoms with van der Waals surface area (Å²) in [6.45, 7) is -0.310. The van der Waals surface area contributed by atoms with Crippen molar-refractivity contribution >= 4 is 34.9 Å². The Balaban J connectivity index is 3.27. The van der Waals surface area contributed by atoms with E-state index in [4.69, 9.17) is 10.2 Å². The van der Waals surface area contributed by atoms with Gasteiger partial charge in [0.25, 0.3) is 11.4 Å². The highest BCUT2D eigenvalue weighted by Crippen LogP contribution is 2.39. The molecule has 0 heterocycles. The normalized spacial score (nSPS) is 10.5. The van der Waals surface area contributed by atoms with Gasteiger partial charge >= 0.3 is 0 Å². The summed E-state index contributed by atoms with van der Waals surface area (Å²) in [4.78, 5) is 21.0. The summed E-state index contributed by atoms with van der Waals surface area (Å²) in [5.41, 5.74) is -0.716. The van der Waals surface area contributed by atoms with Crippen molar-refractivity contribution in [2.75, 3.05) is 24.7 Å². The molecule has 0 aliphatic carbocycles. The van der Waals surface area contributed by atoms with Crippen LogP contribution in [0.15, 0.2) is 21.9 Å². The van der Waals surface area contributed by atoms with Crippen LogP contribution in [0, 0.1) is 20.2 Å². The Labute approximate surface area is 122 Å². The topological polar surface area (TPSA) is 127 Å². The molecular weight excluding hydrogens is 308 g/mol. The van der Waals surface area contributed by atoms with E-state index in [1.807, 2.05) is 0 Å². The van der Waals surface area contributed by atoms with E-state index in [2.05, 4.69) is 0 Å². The summed E-state index contributed by atoms with van der Waals surface area (Å²) in [6, 6.07) is 2.27. The Hall–Kier alpha value is -1.36. The van der Waals surface area contributed by atoms with Gasteiger partial charge in [0.15, 0.2) is 0 Å². The molecule has 1 rings (SSSR count). The summed E-state index contributed by atoms with van der Waals surface area (Å²) in [6.07, 6.45) is 0. The highest BCUT2D eigenvalue weighted by molar-refractivity contribution is 8.00. The van der Waals surface area contributed by atoms with E-state index < -0.39 is 9.85 Å². The minimum Gasteiger partial charge on any atom is -0.396 e. The average molecular weight is 320 g/mol. The van der Waals surface area contributed by atoms with Crippen LogP contribution in [0.5, 0.6) is 0 Å². The number of thioether (sulfide) groups is 2. The molecule has 0 unspecified atom stereocenters. The van der Waals surface area contributed by atoms with Gasteiger partial charge in [0, 0.05) is 11.5 Å². The van der Waals surface area contributed by atoms with Crippen LogP contribution in [0.25, 0.3) is 0 Å². The maximum absolute atomic E-state index is 10.9. The van der Waals surface area contributed by atoms with Crippen molar-refractivity contribution in [1.82, 2.24) is 0 Å². The molecule has 2 N–H and O–H groups in total. The summed E-state index contributed by atoms with van der Waals surface area (Å²) >= 11 is 2.11. The molecular formula is C10H12N2O6S2. The molecule has 0 fully saturated rings. The third kappa shape index (κ3) is 4.34. The summed E-state index contributed by atoms with van der Waals surface area (Å²) in [7, 11) is 0. The highest BCUT2D eigenvalue weighted by atomic mass is 32.2. The van der Waals surface area contributed by atoms with Crippen molar-refractivity contribution in [3.05, 3.63) is 32.4 Å². The van der Waals surface area contributed by atoms with E-state index >= 15 is 0 Å². The number of aliphatic hydroxyl groups is 2. The van der Waals surface area contributed by atoms with E-state index in [-0.39, 0.29) is 45.9 Å². The summed E-state index contributed by atoms with van der Waals surface area (Å²) in [5.74, 6) is 0.505. The van der Waals surface area contributed by atoms with Gasteiger partial charge in [0.2, 0.25) is 0 Å². The first-order valence-corrected chi connectivity index (χ1v) is 7.42. The molecule has 8 nitrogen and oxygen atoms in total. The van der Waals surface area contributed by atoms with Gasteiger partial charge in [-0.15, -0.1) is 23.5 Å². The Bertz CT molecular complexity index is 470. The second-order valence-electron chi connectivity index (χ2n) is 3.45. The Morgan fingerprint density at radius 3 is 1.60 bits per heavy atom. The van der Waals surface area contributed by atoms with Crippen LogP contribution in [0.1, 0.15) is 0 Å². The predicted molar refractivity (Wildman–Crippen MR) is 75.4 cm³/mol. The van der Waals surface area contributed by atoms with Crippen molar-refractivity contribution in [2.45, 2.75) is 9.79 Å². The van der Waals surface area contributed by atoms with Gasteiger partial charge in [0.05, 0.1) is 38.9 Å². The monoisotopic (exact) mass is 320 g/mol. The molecule has 0 aliphatic heterocycles. The molecule has 0 atom stereocenters. The fourth-order valence-corrected chi connectivity index (χ4v) is 3.03. The lowest BCUT2D eigenvalue weighted by Gasteiger charge is -2.06. The number of nitrogens with zero attached hydrogens (tertiary/aromatic N) is 2. The van der Waals surface area contributed by atoms with Crippen LogP contribution in [0.4, 0.5) is 11.4 Å². The number of nitro benzene ring substituents is 2. The van der Waals surface area contributed by atoms with Crippen LogP contribution in [-0.4, -0.2) is 44.8 Å². The first kappa shape index (κ1) is 16.7. The third-order valence-corrected chi connectivity index (χ3v) is 4.18. The molecule has 0 amide bonds. The molecule has 1 aromatic rings. The minimum absolute atomic E-state index is 0.155. The standard InChI is InChI=1S/C10H12N2O6S2/c13-1-3-19-9-6-10(20-4-2-14)8(12(17)18)5-7(9)11(15)16/h5-6,13-14H,1-4H2. The van der Waals surface area contributed by atoms with E-state index in [0.29, 0.717) is 0 Å². The van der Waals surface area contributed by atoms with Crippen LogP contribution in [0.2, 0.25) is 0 Å². The molecule has 20 heavy (non-hydrogen) atoms. The fraction of sp³-hybridized carbons (Fsp3) is 0.400. The third-order valence-electron chi connectivity index (χ3n) is 2.13. The van der Waals surface area contributed by atoms with Crippen LogP contribution < -0.4 is 0 Å².